The molecule has 8 heteroatoms. The predicted octanol–water partition coefficient (Wildman–Crippen LogP) is 2.52. The molecule has 0 heterocycles. The normalized spacial score (nSPS) is 10.0. The van der Waals surface area contributed by atoms with Gasteiger partial charge in [-0.25, -0.2) is 14.5 Å². The Labute approximate surface area is 127 Å². The van der Waals surface area contributed by atoms with Gasteiger partial charge in [0.05, 0.1) is 25.9 Å². The fraction of sp³-hybridized carbons (Fsp3) is 0.429. The molecule has 122 valence electrons. The van der Waals surface area contributed by atoms with E-state index in [0.29, 0.717) is 5.75 Å². The van der Waals surface area contributed by atoms with Crippen LogP contribution < -0.4 is 9.47 Å². The van der Waals surface area contributed by atoms with Crippen LogP contribution in [0.5, 0.6) is 11.5 Å². The number of hydrogen-bond acceptors (Lipinski definition) is 8. The van der Waals surface area contributed by atoms with E-state index >= 15 is 0 Å². The molecule has 0 aliphatic carbocycles. The molecule has 1 aromatic carbocycles. The van der Waals surface area contributed by atoms with Crippen molar-refractivity contribution >= 4 is 12.1 Å². The van der Waals surface area contributed by atoms with Crippen LogP contribution in [-0.2, 0) is 19.6 Å². The maximum Gasteiger partial charge on any atom is 0.543 e. The number of methoxy groups -OCH3 is 2. The zero-order chi connectivity index (χ0) is 16.5. The monoisotopic (exact) mass is 314 g/mol. The second-order valence-corrected chi connectivity index (χ2v) is 4.52. The standard InChI is InChI=1S/C14H18O8/c1-9(2)8-19-14(16)21-22-20-13(15)10-6-5-7-11(17-3)12(10)18-4/h5-7,9H,8H2,1-4H3. The Morgan fingerprint density at radius 1 is 1.09 bits per heavy atom. The molecule has 0 saturated carbocycles. The third-order valence-corrected chi connectivity index (χ3v) is 2.37. The van der Waals surface area contributed by atoms with Gasteiger partial charge in [0, 0.05) is 0 Å². The minimum absolute atomic E-state index is 0.0426. The summed E-state index contributed by atoms with van der Waals surface area (Å²) in [5.74, 6) is -0.279. The number of carbonyl (C=O) groups is 2. The van der Waals surface area contributed by atoms with Gasteiger partial charge >= 0.3 is 12.1 Å². The van der Waals surface area contributed by atoms with E-state index in [4.69, 9.17) is 9.47 Å². The summed E-state index contributed by atoms with van der Waals surface area (Å²) in [6.45, 7) is 3.85. The largest absolute Gasteiger partial charge is 0.543 e. The summed E-state index contributed by atoms with van der Waals surface area (Å²) in [5.41, 5.74) is 0.0426. The SMILES string of the molecule is COc1cccc(C(=O)OOOC(=O)OCC(C)C)c1OC. The number of ether oxygens (including phenoxy) is 3. The van der Waals surface area contributed by atoms with Crippen LogP contribution in [0.3, 0.4) is 0 Å². The molecule has 0 atom stereocenters. The Morgan fingerprint density at radius 2 is 1.82 bits per heavy atom. The minimum Gasteiger partial charge on any atom is -0.493 e. The van der Waals surface area contributed by atoms with Crippen LogP contribution in [0, 0.1) is 5.92 Å². The highest BCUT2D eigenvalue weighted by Crippen LogP contribution is 2.31. The topological polar surface area (TPSA) is 89.5 Å². The maximum atomic E-state index is 11.8. The highest BCUT2D eigenvalue weighted by molar-refractivity contribution is 5.93. The Hall–Kier alpha value is -2.48. The van der Waals surface area contributed by atoms with Gasteiger partial charge in [0.25, 0.3) is 0 Å². The van der Waals surface area contributed by atoms with Gasteiger partial charge in [-0.2, -0.15) is 0 Å². The smallest absolute Gasteiger partial charge is 0.493 e. The van der Waals surface area contributed by atoms with Crippen LogP contribution >= 0.6 is 0 Å². The third kappa shape index (κ3) is 5.13. The average Bonchev–Trinajstić information content (AvgIpc) is 2.51. The molecule has 0 saturated heterocycles. The molecule has 0 aliphatic heterocycles. The quantitative estimate of drug-likeness (QED) is 0.431. The number of benzene rings is 1. The minimum atomic E-state index is -1.11. The van der Waals surface area contributed by atoms with Gasteiger partial charge in [-0.15, -0.1) is 0 Å². The van der Waals surface area contributed by atoms with Crippen molar-refractivity contribution < 1.29 is 38.6 Å². The van der Waals surface area contributed by atoms with Gasteiger partial charge in [0.1, 0.15) is 5.56 Å². The fourth-order valence-corrected chi connectivity index (χ4v) is 1.43. The Bertz CT molecular complexity index is 512. The number of hydrogen-bond donors (Lipinski definition) is 0. The van der Waals surface area contributed by atoms with Crippen LogP contribution in [0.15, 0.2) is 18.2 Å². The van der Waals surface area contributed by atoms with Crippen molar-refractivity contribution in [2.45, 2.75) is 13.8 Å². The van der Waals surface area contributed by atoms with E-state index in [-0.39, 0.29) is 23.8 Å². The lowest BCUT2D eigenvalue weighted by atomic mass is 10.2. The van der Waals surface area contributed by atoms with Crippen LogP contribution in [0.4, 0.5) is 4.79 Å². The molecule has 0 N–H and O–H groups in total. The zero-order valence-corrected chi connectivity index (χ0v) is 12.8. The van der Waals surface area contributed by atoms with E-state index in [1.165, 1.54) is 20.3 Å². The summed E-state index contributed by atoms with van der Waals surface area (Å²) in [6, 6.07) is 4.61. The van der Waals surface area contributed by atoms with Gasteiger partial charge in [-0.1, -0.05) is 19.9 Å². The molecular formula is C14H18O8. The lowest BCUT2D eigenvalue weighted by Gasteiger charge is -2.10. The summed E-state index contributed by atoms with van der Waals surface area (Å²) >= 11 is 0. The molecule has 0 amide bonds. The molecule has 0 fully saturated rings. The Morgan fingerprint density at radius 3 is 2.41 bits per heavy atom. The highest BCUT2D eigenvalue weighted by Gasteiger charge is 2.20. The maximum absolute atomic E-state index is 11.8. The van der Waals surface area contributed by atoms with Crippen LogP contribution in [-0.4, -0.2) is 33.0 Å². The molecule has 22 heavy (non-hydrogen) atoms. The van der Waals surface area contributed by atoms with Crippen molar-refractivity contribution in [3.8, 4) is 11.5 Å². The second kappa shape index (κ2) is 8.73. The van der Waals surface area contributed by atoms with Crippen molar-refractivity contribution in [3.05, 3.63) is 23.8 Å². The van der Waals surface area contributed by atoms with Crippen molar-refractivity contribution in [1.29, 1.82) is 0 Å². The van der Waals surface area contributed by atoms with Gasteiger partial charge in [0.2, 0.25) is 0 Å². The zero-order valence-electron chi connectivity index (χ0n) is 12.8. The first-order valence-electron chi connectivity index (χ1n) is 6.42. The van der Waals surface area contributed by atoms with Crippen molar-refractivity contribution in [2.75, 3.05) is 20.8 Å². The van der Waals surface area contributed by atoms with Gasteiger partial charge in [-0.05, 0) is 18.1 Å². The lowest BCUT2D eigenvalue weighted by Crippen LogP contribution is -2.14. The second-order valence-electron chi connectivity index (χ2n) is 4.52. The first-order valence-corrected chi connectivity index (χ1v) is 6.42. The van der Waals surface area contributed by atoms with E-state index in [1.54, 1.807) is 12.1 Å². The summed E-state index contributed by atoms with van der Waals surface area (Å²) in [5, 5.41) is 4.10. The van der Waals surface area contributed by atoms with Gasteiger partial charge in [0.15, 0.2) is 11.5 Å². The van der Waals surface area contributed by atoms with E-state index in [9.17, 15) is 9.59 Å². The third-order valence-electron chi connectivity index (χ3n) is 2.37. The van der Waals surface area contributed by atoms with E-state index < -0.39 is 12.1 Å². The molecule has 1 rings (SSSR count). The Kier molecular flexibility index (Phi) is 6.97. The molecule has 0 radical (unpaired) electrons. The van der Waals surface area contributed by atoms with E-state index in [1.807, 2.05) is 13.8 Å². The van der Waals surface area contributed by atoms with Crippen molar-refractivity contribution in [1.82, 2.24) is 0 Å². The summed E-state index contributed by atoms with van der Waals surface area (Å²) in [7, 11) is 2.80. The predicted molar refractivity (Wildman–Crippen MR) is 73.3 cm³/mol. The molecule has 1 aromatic rings. The van der Waals surface area contributed by atoms with Crippen LogP contribution in [0.1, 0.15) is 24.2 Å². The van der Waals surface area contributed by atoms with E-state index in [2.05, 4.69) is 19.6 Å². The molecule has 0 bridgehead atoms. The lowest BCUT2D eigenvalue weighted by molar-refractivity contribution is -0.452. The summed E-state index contributed by atoms with van der Waals surface area (Å²) < 4.78 is 14.8. The average molecular weight is 314 g/mol. The highest BCUT2D eigenvalue weighted by atomic mass is 17.5. The van der Waals surface area contributed by atoms with Crippen LogP contribution in [0.25, 0.3) is 0 Å². The molecule has 0 aromatic heterocycles. The van der Waals surface area contributed by atoms with Gasteiger partial charge < -0.3 is 14.2 Å². The number of carbonyl (C=O) groups excluding carboxylic acids is 2. The number of para-hydroxylation sites is 1. The van der Waals surface area contributed by atoms with E-state index in [0.717, 1.165) is 0 Å². The fourth-order valence-electron chi connectivity index (χ4n) is 1.43. The molecular weight excluding hydrogens is 296 g/mol. The molecule has 0 aliphatic rings. The Balaban J connectivity index is 2.54. The first kappa shape index (κ1) is 17.6. The molecule has 8 nitrogen and oxygen atoms in total. The van der Waals surface area contributed by atoms with Crippen LogP contribution in [0.2, 0.25) is 0 Å². The van der Waals surface area contributed by atoms with Crippen molar-refractivity contribution in [3.63, 3.8) is 0 Å². The first-order chi connectivity index (χ1) is 10.5. The summed E-state index contributed by atoms with van der Waals surface area (Å²) in [6.07, 6.45) is -1.11. The number of rotatable bonds is 7. The van der Waals surface area contributed by atoms with Crippen molar-refractivity contribution in [2.24, 2.45) is 5.92 Å². The van der Waals surface area contributed by atoms with Gasteiger partial charge in [-0.3, -0.25) is 4.89 Å². The molecule has 0 unspecified atom stereocenters. The molecule has 0 spiro atoms. The summed E-state index contributed by atoms with van der Waals surface area (Å²) in [4.78, 5) is 31.4.